The Morgan fingerprint density at radius 2 is 1.80 bits per heavy atom. The van der Waals surface area contributed by atoms with Crippen LogP contribution >= 0.6 is 0 Å². The first kappa shape index (κ1) is 16.2. The van der Waals surface area contributed by atoms with Crippen LogP contribution in [0, 0.1) is 12.8 Å². The molecule has 4 rings (SSSR count). The molecule has 1 N–H and O–H groups in total. The van der Waals surface area contributed by atoms with Gasteiger partial charge in [-0.05, 0) is 37.8 Å². The minimum Gasteiger partial charge on any atom is -0.358 e. The summed E-state index contributed by atoms with van der Waals surface area (Å²) in [5.74, 6) is 0.714. The first-order valence-electron chi connectivity index (χ1n) is 9.26. The maximum atomic E-state index is 12.8. The topological polar surface area (TPSA) is 56.4 Å². The molecule has 1 aromatic carbocycles. The van der Waals surface area contributed by atoms with E-state index in [-0.39, 0.29) is 11.8 Å². The molecule has 0 bridgehead atoms. The lowest BCUT2D eigenvalue weighted by Gasteiger charge is -2.22. The zero-order valence-electron chi connectivity index (χ0n) is 14.8. The average molecular weight is 339 g/mol. The Morgan fingerprint density at radius 1 is 1.08 bits per heavy atom. The second-order valence-electron chi connectivity index (χ2n) is 7.28. The third-order valence-electron chi connectivity index (χ3n) is 5.44. The predicted molar refractivity (Wildman–Crippen MR) is 97.2 cm³/mol. The number of aromatic nitrogens is 1. The second kappa shape index (κ2) is 6.54. The number of amides is 2. The van der Waals surface area contributed by atoms with Crippen LogP contribution < -0.4 is 0 Å². The van der Waals surface area contributed by atoms with E-state index in [0.29, 0.717) is 25.4 Å². The molecule has 25 heavy (non-hydrogen) atoms. The van der Waals surface area contributed by atoms with Gasteiger partial charge in [0.2, 0.25) is 11.8 Å². The van der Waals surface area contributed by atoms with Crippen LogP contribution in [0.2, 0.25) is 0 Å². The number of para-hydroxylation sites is 1. The van der Waals surface area contributed by atoms with Gasteiger partial charge in [0, 0.05) is 48.7 Å². The van der Waals surface area contributed by atoms with E-state index in [4.69, 9.17) is 0 Å². The van der Waals surface area contributed by atoms with Crippen LogP contribution in [0.3, 0.4) is 0 Å². The summed E-state index contributed by atoms with van der Waals surface area (Å²) in [6.45, 7) is 4.88. The molecule has 0 spiro atoms. The van der Waals surface area contributed by atoms with E-state index in [9.17, 15) is 9.59 Å². The summed E-state index contributed by atoms with van der Waals surface area (Å²) in [7, 11) is 0. The first-order valence-corrected chi connectivity index (χ1v) is 9.26. The molecule has 5 nitrogen and oxygen atoms in total. The largest absolute Gasteiger partial charge is 0.358 e. The molecule has 5 heteroatoms. The Balaban J connectivity index is 1.44. The van der Waals surface area contributed by atoms with Crippen LogP contribution in [-0.2, 0) is 16.0 Å². The van der Waals surface area contributed by atoms with Crippen molar-refractivity contribution in [2.45, 2.75) is 32.6 Å². The maximum absolute atomic E-state index is 12.8. The van der Waals surface area contributed by atoms with Gasteiger partial charge in [-0.25, -0.2) is 0 Å². The predicted octanol–water partition coefficient (Wildman–Crippen LogP) is 2.49. The van der Waals surface area contributed by atoms with Crippen molar-refractivity contribution in [3.05, 3.63) is 35.5 Å². The molecule has 0 atom stereocenters. The number of carbonyl (C=O) groups excluding carboxylic acids is 2. The molecule has 2 aliphatic rings. The van der Waals surface area contributed by atoms with E-state index >= 15 is 0 Å². The van der Waals surface area contributed by atoms with Crippen molar-refractivity contribution in [3.63, 3.8) is 0 Å². The molecule has 1 aliphatic carbocycles. The highest BCUT2D eigenvalue weighted by Crippen LogP contribution is 2.31. The number of benzene rings is 1. The molecule has 132 valence electrons. The fourth-order valence-corrected chi connectivity index (χ4v) is 3.80. The molecule has 2 fully saturated rings. The first-order chi connectivity index (χ1) is 12.1. The van der Waals surface area contributed by atoms with Gasteiger partial charge in [-0.3, -0.25) is 9.59 Å². The number of aryl methyl sites for hydroxylation is 1. The third kappa shape index (κ3) is 3.28. The minimum absolute atomic E-state index is 0.161. The number of rotatable bonds is 3. The lowest BCUT2D eigenvalue weighted by molar-refractivity contribution is -0.134. The molecule has 2 aromatic rings. The van der Waals surface area contributed by atoms with Crippen LogP contribution in [0.5, 0.6) is 0 Å². The lowest BCUT2D eigenvalue weighted by Crippen LogP contribution is -2.38. The summed E-state index contributed by atoms with van der Waals surface area (Å²) in [5.41, 5.74) is 3.24. The van der Waals surface area contributed by atoms with Crippen molar-refractivity contribution >= 4 is 22.7 Å². The van der Waals surface area contributed by atoms with Crippen molar-refractivity contribution in [1.29, 1.82) is 0 Å². The fourth-order valence-electron chi connectivity index (χ4n) is 3.80. The highest BCUT2D eigenvalue weighted by Gasteiger charge is 2.34. The Kier molecular flexibility index (Phi) is 4.24. The molecule has 2 amide bonds. The molecule has 1 aliphatic heterocycles. The van der Waals surface area contributed by atoms with E-state index in [2.05, 4.69) is 11.1 Å². The standard InChI is InChI=1S/C20H25N3O2/c1-14-17(16-5-2-3-6-18(16)21-14)13-19(24)22-9-4-10-23(12-11-22)20(25)15-7-8-15/h2-3,5-6,15,21H,4,7-13H2,1H3. The summed E-state index contributed by atoms with van der Waals surface area (Å²) < 4.78 is 0. The number of H-pyrrole nitrogens is 1. The molecule has 1 aromatic heterocycles. The van der Waals surface area contributed by atoms with Gasteiger partial charge in [0.1, 0.15) is 0 Å². The van der Waals surface area contributed by atoms with Crippen LogP contribution in [-0.4, -0.2) is 52.8 Å². The van der Waals surface area contributed by atoms with Crippen molar-refractivity contribution < 1.29 is 9.59 Å². The smallest absolute Gasteiger partial charge is 0.227 e. The van der Waals surface area contributed by atoms with E-state index in [1.54, 1.807) is 0 Å². The van der Waals surface area contributed by atoms with Gasteiger partial charge in [-0.2, -0.15) is 0 Å². The highest BCUT2D eigenvalue weighted by atomic mass is 16.2. The van der Waals surface area contributed by atoms with E-state index in [0.717, 1.165) is 54.5 Å². The van der Waals surface area contributed by atoms with Gasteiger partial charge in [0.05, 0.1) is 6.42 Å². The molecular weight excluding hydrogens is 314 g/mol. The van der Waals surface area contributed by atoms with Gasteiger partial charge < -0.3 is 14.8 Å². The van der Waals surface area contributed by atoms with Gasteiger partial charge in [-0.1, -0.05) is 18.2 Å². The minimum atomic E-state index is 0.161. The van der Waals surface area contributed by atoms with Crippen molar-refractivity contribution in [1.82, 2.24) is 14.8 Å². The monoisotopic (exact) mass is 339 g/mol. The Bertz CT molecular complexity index is 806. The number of nitrogens with zero attached hydrogens (tertiary/aromatic N) is 2. The molecule has 0 unspecified atom stereocenters. The third-order valence-corrected chi connectivity index (χ3v) is 5.44. The van der Waals surface area contributed by atoms with Crippen LogP contribution in [0.4, 0.5) is 0 Å². The van der Waals surface area contributed by atoms with Gasteiger partial charge in [0.15, 0.2) is 0 Å². The van der Waals surface area contributed by atoms with Crippen LogP contribution in [0.25, 0.3) is 10.9 Å². The van der Waals surface area contributed by atoms with E-state index in [1.807, 2.05) is 34.9 Å². The summed E-state index contributed by atoms with van der Waals surface area (Å²) in [4.78, 5) is 32.4. The normalized spacial score (nSPS) is 18.4. The summed E-state index contributed by atoms with van der Waals surface area (Å²) in [5, 5.41) is 1.13. The van der Waals surface area contributed by atoms with Crippen molar-refractivity contribution in [2.75, 3.05) is 26.2 Å². The molecule has 0 radical (unpaired) electrons. The van der Waals surface area contributed by atoms with E-state index in [1.165, 1.54) is 0 Å². The Labute approximate surface area is 148 Å². The molecule has 2 heterocycles. The summed E-state index contributed by atoms with van der Waals surface area (Å²) >= 11 is 0. The Hall–Kier alpha value is -2.30. The summed E-state index contributed by atoms with van der Waals surface area (Å²) in [6.07, 6.45) is 3.37. The number of carbonyl (C=O) groups is 2. The summed E-state index contributed by atoms with van der Waals surface area (Å²) in [6, 6.07) is 8.13. The van der Waals surface area contributed by atoms with E-state index < -0.39 is 0 Å². The number of fused-ring (bicyclic) bond motifs is 1. The number of hydrogen-bond donors (Lipinski definition) is 1. The van der Waals surface area contributed by atoms with Crippen LogP contribution in [0.15, 0.2) is 24.3 Å². The molecule has 1 saturated carbocycles. The van der Waals surface area contributed by atoms with Crippen LogP contribution in [0.1, 0.15) is 30.5 Å². The molecule has 1 saturated heterocycles. The fraction of sp³-hybridized carbons (Fsp3) is 0.500. The second-order valence-corrected chi connectivity index (χ2v) is 7.28. The number of hydrogen-bond acceptors (Lipinski definition) is 2. The maximum Gasteiger partial charge on any atom is 0.227 e. The Morgan fingerprint density at radius 3 is 2.60 bits per heavy atom. The number of aromatic amines is 1. The molecular formula is C20H25N3O2. The van der Waals surface area contributed by atoms with Gasteiger partial charge >= 0.3 is 0 Å². The quantitative estimate of drug-likeness (QED) is 0.934. The average Bonchev–Trinajstić information content (AvgIpc) is 3.43. The lowest BCUT2D eigenvalue weighted by atomic mass is 10.1. The SMILES string of the molecule is Cc1[nH]c2ccccc2c1CC(=O)N1CCCN(C(=O)C2CC2)CC1. The van der Waals surface area contributed by atoms with Gasteiger partial charge in [0.25, 0.3) is 0 Å². The van der Waals surface area contributed by atoms with Crippen molar-refractivity contribution in [3.8, 4) is 0 Å². The highest BCUT2D eigenvalue weighted by molar-refractivity contribution is 5.90. The van der Waals surface area contributed by atoms with Crippen molar-refractivity contribution in [2.24, 2.45) is 5.92 Å². The number of nitrogens with one attached hydrogen (secondary N) is 1. The van der Waals surface area contributed by atoms with Gasteiger partial charge in [-0.15, -0.1) is 0 Å². The zero-order valence-corrected chi connectivity index (χ0v) is 14.8. The zero-order chi connectivity index (χ0) is 17.4.